The number of aryl methyl sites for hydroxylation is 1. The zero-order valence-electron chi connectivity index (χ0n) is 13.4. The molecule has 0 bridgehead atoms. The number of benzene rings is 1. The number of nitrogens with zero attached hydrogens (tertiary/aromatic N) is 1. The number of ether oxygens (including phenoxy) is 1. The number of carboxylic acid groups (broad SMARTS) is 1. The average Bonchev–Trinajstić information content (AvgIpc) is 2.44. The summed E-state index contributed by atoms with van der Waals surface area (Å²) in [6.07, 6.45) is 0.839. The first-order chi connectivity index (χ1) is 10.4. The number of anilines is 2. The summed E-state index contributed by atoms with van der Waals surface area (Å²) in [6, 6.07) is 4.09. The Hall–Kier alpha value is -2.11. The molecule has 0 spiro atoms. The molecule has 0 aliphatic carbocycles. The van der Waals surface area contributed by atoms with Crippen LogP contribution in [0.2, 0.25) is 0 Å². The molecule has 1 aliphatic rings. The van der Waals surface area contributed by atoms with E-state index in [-0.39, 0.29) is 12.1 Å². The monoisotopic (exact) mass is 307 g/mol. The van der Waals surface area contributed by atoms with E-state index in [0.29, 0.717) is 18.8 Å². The van der Waals surface area contributed by atoms with Crippen LogP contribution in [0.5, 0.6) is 5.75 Å². The maximum absolute atomic E-state index is 10.9. The Morgan fingerprint density at radius 1 is 1.41 bits per heavy atom. The molecule has 1 amide bonds. The minimum absolute atomic E-state index is 0.109. The number of likely N-dealkylation sites (tertiary alicyclic amines) is 1. The highest BCUT2D eigenvalue weighted by Crippen LogP contribution is 2.30. The molecule has 1 fully saturated rings. The molecule has 6 heteroatoms. The number of nitrogen functional groups attached to an aromatic ring is 1. The normalized spacial score (nSPS) is 15.9. The fourth-order valence-electron chi connectivity index (χ4n) is 2.64. The van der Waals surface area contributed by atoms with E-state index < -0.39 is 6.09 Å². The molecule has 122 valence electrons. The van der Waals surface area contributed by atoms with Gasteiger partial charge in [-0.25, -0.2) is 4.79 Å². The van der Waals surface area contributed by atoms with Gasteiger partial charge < -0.3 is 25.8 Å². The van der Waals surface area contributed by atoms with Crippen LogP contribution in [-0.2, 0) is 0 Å². The Kier molecular flexibility index (Phi) is 5.00. The molecule has 0 radical (unpaired) electrons. The van der Waals surface area contributed by atoms with Gasteiger partial charge in [0.25, 0.3) is 0 Å². The molecule has 1 saturated heterocycles. The summed E-state index contributed by atoms with van der Waals surface area (Å²) < 4.78 is 5.73. The SMILES string of the molecule is Cc1cc(NC2CCN(C(=O)O)CC2)c(N)cc1OC(C)C. The Morgan fingerprint density at radius 2 is 2.05 bits per heavy atom. The van der Waals surface area contributed by atoms with Gasteiger partial charge in [0.15, 0.2) is 0 Å². The van der Waals surface area contributed by atoms with E-state index in [1.807, 2.05) is 32.9 Å². The minimum atomic E-state index is -0.844. The molecule has 0 aromatic heterocycles. The molecular weight excluding hydrogens is 282 g/mol. The fraction of sp³-hybridized carbons (Fsp3) is 0.562. The Morgan fingerprint density at radius 3 is 2.59 bits per heavy atom. The average molecular weight is 307 g/mol. The molecule has 1 heterocycles. The van der Waals surface area contributed by atoms with E-state index in [9.17, 15) is 4.79 Å². The van der Waals surface area contributed by atoms with Crippen molar-refractivity contribution in [2.75, 3.05) is 24.1 Å². The molecule has 1 aliphatic heterocycles. The predicted octanol–water partition coefficient (Wildman–Crippen LogP) is 2.92. The van der Waals surface area contributed by atoms with Crippen molar-refractivity contribution in [1.29, 1.82) is 0 Å². The number of rotatable bonds is 4. The van der Waals surface area contributed by atoms with Crippen LogP contribution < -0.4 is 15.8 Å². The molecule has 1 aromatic rings. The van der Waals surface area contributed by atoms with Gasteiger partial charge in [0, 0.05) is 25.2 Å². The highest BCUT2D eigenvalue weighted by molar-refractivity contribution is 5.70. The van der Waals surface area contributed by atoms with E-state index in [2.05, 4.69) is 5.32 Å². The van der Waals surface area contributed by atoms with Crippen LogP contribution in [0.4, 0.5) is 16.2 Å². The van der Waals surface area contributed by atoms with Gasteiger partial charge in [-0.15, -0.1) is 0 Å². The molecule has 0 saturated carbocycles. The van der Waals surface area contributed by atoms with Gasteiger partial charge in [0.1, 0.15) is 5.75 Å². The number of hydrogen-bond donors (Lipinski definition) is 3. The van der Waals surface area contributed by atoms with Crippen molar-refractivity contribution in [1.82, 2.24) is 4.90 Å². The number of amides is 1. The minimum Gasteiger partial charge on any atom is -0.491 e. The third kappa shape index (κ3) is 3.96. The zero-order chi connectivity index (χ0) is 16.3. The molecule has 2 rings (SSSR count). The largest absolute Gasteiger partial charge is 0.491 e. The van der Waals surface area contributed by atoms with Gasteiger partial charge in [-0.3, -0.25) is 0 Å². The maximum Gasteiger partial charge on any atom is 0.407 e. The van der Waals surface area contributed by atoms with Crippen LogP contribution in [0.15, 0.2) is 12.1 Å². The lowest BCUT2D eigenvalue weighted by Crippen LogP contribution is -2.41. The van der Waals surface area contributed by atoms with Crippen LogP contribution in [0.25, 0.3) is 0 Å². The summed E-state index contributed by atoms with van der Waals surface area (Å²) >= 11 is 0. The first-order valence-corrected chi connectivity index (χ1v) is 7.68. The van der Waals surface area contributed by atoms with Crippen molar-refractivity contribution in [3.8, 4) is 5.75 Å². The summed E-state index contributed by atoms with van der Waals surface area (Å²) in [6.45, 7) is 7.08. The Bertz CT molecular complexity index is 538. The van der Waals surface area contributed by atoms with Crippen LogP contribution in [0.3, 0.4) is 0 Å². The number of nitrogens with two attached hydrogens (primary N) is 1. The second kappa shape index (κ2) is 6.77. The molecule has 4 N–H and O–H groups in total. The summed E-state index contributed by atoms with van der Waals surface area (Å²) in [7, 11) is 0. The van der Waals surface area contributed by atoms with Crippen LogP contribution in [0, 0.1) is 6.92 Å². The van der Waals surface area contributed by atoms with Gasteiger partial charge >= 0.3 is 6.09 Å². The maximum atomic E-state index is 10.9. The van der Waals surface area contributed by atoms with E-state index >= 15 is 0 Å². The van der Waals surface area contributed by atoms with Crippen molar-refractivity contribution >= 4 is 17.5 Å². The zero-order valence-corrected chi connectivity index (χ0v) is 13.4. The van der Waals surface area contributed by atoms with Crippen LogP contribution in [-0.4, -0.2) is 41.3 Å². The molecule has 0 atom stereocenters. The quantitative estimate of drug-likeness (QED) is 0.744. The van der Waals surface area contributed by atoms with Gasteiger partial charge in [-0.1, -0.05) is 0 Å². The molecule has 0 unspecified atom stereocenters. The third-order valence-electron chi connectivity index (χ3n) is 3.83. The van der Waals surface area contributed by atoms with Crippen molar-refractivity contribution in [3.05, 3.63) is 17.7 Å². The first kappa shape index (κ1) is 16.3. The lowest BCUT2D eigenvalue weighted by Gasteiger charge is -2.31. The van der Waals surface area contributed by atoms with Crippen LogP contribution in [0.1, 0.15) is 32.3 Å². The van der Waals surface area contributed by atoms with E-state index in [1.165, 1.54) is 4.90 Å². The third-order valence-corrected chi connectivity index (χ3v) is 3.83. The molecular formula is C16H25N3O3. The summed E-state index contributed by atoms with van der Waals surface area (Å²) in [5.41, 5.74) is 8.69. The van der Waals surface area contributed by atoms with E-state index in [0.717, 1.165) is 29.8 Å². The first-order valence-electron chi connectivity index (χ1n) is 7.68. The van der Waals surface area contributed by atoms with Crippen molar-refractivity contribution in [2.45, 2.75) is 45.8 Å². The van der Waals surface area contributed by atoms with Gasteiger partial charge in [0.05, 0.1) is 17.5 Å². The highest BCUT2D eigenvalue weighted by atomic mass is 16.5. The van der Waals surface area contributed by atoms with Crippen molar-refractivity contribution in [3.63, 3.8) is 0 Å². The fourth-order valence-corrected chi connectivity index (χ4v) is 2.64. The standard InChI is InChI=1S/C16H25N3O3/c1-10(2)22-15-9-13(17)14(8-11(15)3)18-12-4-6-19(7-5-12)16(20)21/h8-10,12,18H,4-7,17H2,1-3H3,(H,20,21). The second-order valence-corrected chi connectivity index (χ2v) is 6.06. The Labute approximate surface area is 131 Å². The predicted molar refractivity (Wildman–Crippen MR) is 87.6 cm³/mol. The van der Waals surface area contributed by atoms with Gasteiger partial charge in [-0.05, 0) is 45.2 Å². The number of nitrogens with one attached hydrogen (secondary N) is 1. The summed E-state index contributed by atoms with van der Waals surface area (Å²) in [5.74, 6) is 0.804. The van der Waals surface area contributed by atoms with E-state index in [4.69, 9.17) is 15.6 Å². The second-order valence-electron chi connectivity index (χ2n) is 6.06. The topological polar surface area (TPSA) is 87.8 Å². The Balaban J connectivity index is 2.02. The summed E-state index contributed by atoms with van der Waals surface area (Å²) in [5, 5.41) is 12.4. The van der Waals surface area contributed by atoms with Gasteiger partial charge in [-0.2, -0.15) is 0 Å². The van der Waals surface area contributed by atoms with E-state index in [1.54, 1.807) is 0 Å². The molecule has 1 aromatic carbocycles. The van der Waals surface area contributed by atoms with Crippen molar-refractivity contribution in [2.24, 2.45) is 0 Å². The number of hydrogen-bond acceptors (Lipinski definition) is 4. The number of carbonyl (C=O) groups is 1. The number of piperidine rings is 1. The van der Waals surface area contributed by atoms with Crippen molar-refractivity contribution < 1.29 is 14.6 Å². The smallest absolute Gasteiger partial charge is 0.407 e. The van der Waals surface area contributed by atoms with Crippen LogP contribution >= 0.6 is 0 Å². The van der Waals surface area contributed by atoms with Gasteiger partial charge in [0.2, 0.25) is 0 Å². The molecule has 6 nitrogen and oxygen atoms in total. The molecule has 22 heavy (non-hydrogen) atoms. The lowest BCUT2D eigenvalue weighted by molar-refractivity contribution is 0.134. The summed E-state index contributed by atoms with van der Waals surface area (Å²) in [4.78, 5) is 12.4. The lowest BCUT2D eigenvalue weighted by atomic mass is 10.0. The highest BCUT2D eigenvalue weighted by Gasteiger charge is 2.22.